The first-order chi connectivity index (χ1) is 7.67. The van der Waals surface area contributed by atoms with Gasteiger partial charge in [0.2, 0.25) is 0 Å². The molecule has 6 nitrogen and oxygen atoms in total. The zero-order chi connectivity index (χ0) is 12.0. The molecule has 3 N–H and O–H groups in total. The highest BCUT2D eigenvalue weighted by Gasteiger charge is 2.11. The summed E-state index contributed by atoms with van der Waals surface area (Å²) in [6.07, 6.45) is 0. The zero-order valence-electron chi connectivity index (χ0n) is 8.86. The molecule has 0 radical (unpaired) electrons. The smallest absolute Gasteiger partial charge is 0.325 e. The van der Waals surface area contributed by atoms with Crippen molar-refractivity contribution in [2.24, 2.45) is 5.73 Å². The van der Waals surface area contributed by atoms with E-state index in [0.29, 0.717) is 18.2 Å². The standard InChI is InChI=1S/C9H13N3O3S/c1-2-15-8(13)4-11-9(14)6-5-16-7(3-10)12-6/h5H,2-4,10H2,1H3,(H,11,14). The van der Waals surface area contributed by atoms with Gasteiger partial charge < -0.3 is 15.8 Å². The summed E-state index contributed by atoms with van der Waals surface area (Å²) in [5.74, 6) is -0.867. The fourth-order valence-corrected chi connectivity index (χ4v) is 1.62. The molecular formula is C9H13N3O3S. The number of hydrogen-bond donors (Lipinski definition) is 2. The van der Waals surface area contributed by atoms with Crippen LogP contribution in [0.4, 0.5) is 0 Å². The van der Waals surface area contributed by atoms with E-state index >= 15 is 0 Å². The Hall–Kier alpha value is -1.47. The molecule has 0 bridgehead atoms. The van der Waals surface area contributed by atoms with Crippen LogP contribution in [0.2, 0.25) is 0 Å². The molecule has 1 aromatic heterocycles. The lowest BCUT2D eigenvalue weighted by atomic mass is 10.4. The Labute approximate surface area is 96.8 Å². The predicted molar refractivity (Wildman–Crippen MR) is 59.0 cm³/mol. The quantitative estimate of drug-likeness (QED) is 0.704. The number of carbonyl (C=O) groups is 2. The first-order valence-electron chi connectivity index (χ1n) is 4.75. The number of nitrogens with two attached hydrogens (primary N) is 1. The second-order valence-corrected chi connectivity index (χ2v) is 3.76. The normalized spacial score (nSPS) is 9.88. The number of esters is 1. The summed E-state index contributed by atoms with van der Waals surface area (Å²) in [4.78, 5) is 26.4. The molecule has 1 heterocycles. The minimum absolute atomic E-state index is 0.151. The largest absolute Gasteiger partial charge is 0.465 e. The van der Waals surface area contributed by atoms with Gasteiger partial charge in [0.05, 0.1) is 6.61 Å². The Kier molecular flexibility index (Phi) is 4.87. The van der Waals surface area contributed by atoms with E-state index < -0.39 is 11.9 Å². The molecule has 0 aromatic carbocycles. The van der Waals surface area contributed by atoms with E-state index in [0.717, 1.165) is 0 Å². The van der Waals surface area contributed by atoms with E-state index in [1.54, 1.807) is 12.3 Å². The average molecular weight is 243 g/mol. The summed E-state index contributed by atoms with van der Waals surface area (Å²) in [6.45, 7) is 2.15. The van der Waals surface area contributed by atoms with Gasteiger partial charge >= 0.3 is 5.97 Å². The fourth-order valence-electron chi connectivity index (χ4n) is 0.964. The summed E-state index contributed by atoms with van der Waals surface area (Å²) in [7, 11) is 0. The summed E-state index contributed by atoms with van der Waals surface area (Å²) >= 11 is 1.31. The molecule has 7 heteroatoms. The van der Waals surface area contributed by atoms with Crippen molar-refractivity contribution in [1.82, 2.24) is 10.3 Å². The lowest BCUT2D eigenvalue weighted by molar-refractivity contribution is -0.141. The Balaban J connectivity index is 2.43. The highest BCUT2D eigenvalue weighted by Crippen LogP contribution is 2.08. The third-order valence-electron chi connectivity index (χ3n) is 1.66. The molecule has 1 amide bonds. The molecule has 0 atom stereocenters. The number of aromatic nitrogens is 1. The SMILES string of the molecule is CCOC(=O)CNC(=O)c1csc(CN)n1. The molecule has 88 valence electrons. The van der Waals surface area contributed by atoms with Crippen molar-refractivity contribution >= 4 is 23.2 Å². The van der Waals surface area contributed by atoms with Gasteiger partial charge in [0.1, 0.15) is 17.2 Å². The molecule has 1 rings (SSSR count). The van der Waals surface area contributed by atoms with Crippen molar-refractivity contribution in [3.8, 4) is 0 Å². The first kappa shape index (κ1) is 12.6. The Bertz CT molecular complexity index is 378. The fraction of sp³-hybridized carbons (Fsp3) is 0.444. The van der Waals surface area contributed by atoms with Crippen molar-refractivity contribution in [2.75, 3.05) is 13.2 Å². The summed E-state index contributed by atoms with van der Waals surface area (Å²) in [5.41, 5.74) is 5.64. The minimum Gasteiger partial charge on any atom is -0.465 e. The van der Waals surface area contributed by atoms with E-state index in [9.17, 15) is 9.59 Å². The molecule has 0 aliphatic heterocycles. The lowest BCUT2D eigenvalue weighted by Crippen LogP contribution is -2.30. The van der Waals surface area contributed by atoms with Gasteiger partial charge in [-0.15, -0.1) is 11.3 Å². The van der Waals surface area contributed by atoms with Gasteiger partial charge in [-0.05, 0) is 6.92 Å². The van der Waals surface area contributed by atoms with E-state index in [1.165, 1.54) is 11.3 Å². The van der Waals surface area contributed by atoms with Crippen molar-refractivity contribution in [1.29, 1.82) is 0 Å². The van der Waals surface area contributed by atoms with Crippen molar-refractivity contribution < 1.29 is 14.3 Å². The summed E-state index contributed by atoms with van der Waals surface area (Å²) in [5, 5.41) is 4.69. The number of hydrogen-bond acceptors (Lipinski definition) is 6. The second-order valence-electron chi connectivity index (χ2n) is 2.82. The van der Waals surface area contributed by atoms with Crippen LogP contribution in [0.15, 0.2) is 5.38 Å². The minimum atomic E-state index is -0.467. The van der Waals surface area contributed by atoms with Gasteiger partial charge in [-0.1, -0.05) is 0 Å². The van der Waals surface area contributed by atoms with Gasteiger partial charge in [0.15, 0.2) is 0 Å². The number of carbonyl (C=O) groups excluding carboxylic acids is 2. The number of amides is 1. The van der Waals surface area contributed by atoms with Gasteiger partial charge in [0.25, 0.3) is 5.91 Å². The zero-order valence-corrected chi connectivity index (χ0v) is 9.67. The Morgan fingerprint density at radius 1 is 1.62 bits per heavy atom. The predicted octanol–water partition coefficient (Wildman–Crippen LogP) is -0.105. The number of rotatable bonds is 5. The average Bonchev–Trinajstić information content (AvgIpc) is 2.75. The van der Waals surface area contributed by atoms with Crippen LogP contribution in [0.1, 0.15) is 22.4 Å². The molecule has 0 saturated heterocycles. The molecular weight excluding hydrogens is 230 g/mol. The number of nitrogens with one attached hydrogen (secondary N) is 1. The highest BCUT2D eigenvalue weighted by molar-refractivity contribution is 7.09. The van der Waals surface area contributed by atoms with Gasteiger partial charge in [0, 0.05) is 11.9 Å². The van der Waals surface area contributed by atoms with Crippen LogP contribution < -0.4 is 11.1 Å². The van der Waals surface area contributed by atoms with Crippen LogP contribution in [0.25, 0.3) is 0 Å². The van der Waals surface area contributed by atoms with Crippen LogP contribution >= 0.6 is 11.3 Å². The van der Waals surface area contributed by atoms with Gasteiger partial charge in [-0.25, -0.2) is 4.98 Å². The van der Waals surface area contributed by atoms with Crippen LogP contribution in [0, 0.1) is 0 Å². The summed E-state index contributed by atoms with van der Waals surface area (Å²) in [6, 6.07) is 0. The van der Waals surface area contributed by atoms with Crippen molar-refractivity contribution in [2.45, 2.75) is 13.5 Å². The molecule has 1 aromatic rings. The third kappa shape index (κ3) is 3.59. The number of nitrogens with zero attached hydrogens (tertiary/aromatic N) is 1. The first-order valence-corrected chi connectivity index (χ1v) is 5.63. The van der Waals surface area contributed by atoms with E-state index in [4.69, 9.17) is 5.73 Å². The maximum absolute atomic E-state index is 11.5. The van der Waals surface area contributed by atoms with Gasteiger partial charge in [-0.2, -0.15) is 0 Å². The van der Waals surface area contributed by atoms with Gasteiger partial charge in [-0.3, -0.25) is 9.59 Å². The molecule has 0 saturated carbocycles. The molecule has 0 fully saturated rings. The topological polar surface area (TPSA) is 94.3 Å². The van der Waals surface area contributed by atoms with Crippen LogP contribution in [-0.2, 0) is 16.1 Å². The molecule has 0 spiro atoms. The van der Waals surface area contributed by atoms with Crippen LogP contribution in [0.3, 0.4) is 0 Å². The van der Waals surface area contributed by atoms with E-state index in [-0.39, 0.29) is 12.2 Å². The highest BCUT2D eigenvalue weighted by atomic mass is 32.1. The van der Waals surface area contributed by atoms with Crippen molar-refractivity contribution in [3.63, 3.8) is 0 Å². The molecule has 0 aliphatic carbocycles. The summed E-state index contributed by atoms with van der Waals surface area (Å²) < 4.78 is 4.66. The molecule has 0 aliphatic rings. The Morgan fingerprint density at radius 2 is 2.38 bits per heavy atom. The maximum Gasteiger partial charge on any atom is 0.325 e. The van der Waals surface area contributed by atoms with Crippen LogP contribution in [-0.4, -0.2) is 30.0 Å². The van der Waals surface area contributed by atoms with Crippen LogP contribution in [0.5, 0.6) is 0 Å². The third-order valence-corrected chi connectivity index (χ3v) is 2.53. The Morgan fingerprint density at radius 3 is 2.94 bits per heavy atom. The second kappa shape index (κ2) is 6.19. The number of thiazole rings is 1. The van der Waals surface area contributed by atoms with E-state index in [2.05, 4.69) is 15.0 Å². The molecule has 0 unspecified atom stereocenters. The maximum atomic E-state index is 11.5. The lowest BCUT2D eigenvalue weighted by Gasteiger charge is -2.02. The van der Waals surface area contributed by atoms with E-state index in [1.807, 2.05) is 0 Å². The van der Waals surface area contributed by atoms with Crippen molar-refractivity contribution in [3.05, 3.63) is 16.1 Å². The molecule has 16 heavy (non-hydrogen) atoms. The monoisotopic (exact) mass is 243 g/mol. The number of ether oxygens (including phenoxy) is 1.